The number of nitrogens with zero attached hydrogens (tertiary/aromatic N) is 4. The fraction of sp³-hybridized carbons (Fsp3) is 0.333. The van der Waals surface area contributed by atoms with Crippen LogP contribution in [0.4, 0.5) is 17.5 Å². The van der Waals surface area contributed by atoms with Crippen LogP contribution in [0.3, 0.4) is 0 Å². The lowest BCUT2D eigenvalue weighted by molar-refractivity contribution is 0.281. The Morgan fingerprint density at radius 2 is 2.08 bits per heavy atom. The molecule has 3 heterocycles. The van der Waals surface area contributed by atoms with Crippen molar-refractivity contribution in [2.24, 2.45) is 0 Å². The molecule has 3 aromatic heterocycles. The van der Waals surface area contributed by atoms with Crippen molar-refractivity contribution in [3.05, 3.63) is 46.8 Å². The summed E-state index contributed by atoms with van der Waals surface area (Å²) in [7, 11) is 0. The maximum Gasteiger partial charge on any atom is 0.262 e. The second-order valence-electron chi connectivity index (χ2n) is 6.12. The first-order valence-electron chi connectivity index (χ1n) is 8.49. The van der Waals surface area contributed by atoms with E-state index < -0.39 is 0 Å². The number of anilines is 3. The second kappa shape index (κ2) is 7.49. The molecule has 0 saturated carbocycles. The SMILES string of the molecule is CCn1ccc2cc(Nc3cnc(C)cn3)nc(N[C@@H](C)CO)c2c1=O. The van der Waals surface area contributed by atoms with Gasteiger partial charge in [0, 0.05) is 18.8 Å². The Balaban J connectivity index is 2.10. The molecule has 0 fully saturated rings. The Kier molecular flexibility index (Phi) is 5.13. The molecule has 0 aliphatic rings. The Bertz CT molecular complexity index is 968. The Morgan fingerprint density at radius 3 is 2.73 bits per heavy atom. The topological polar surface area (TPSA) is 105 Å². The van der Waals surface area contributed by atoms with Gasteiger partial charge in [-0.25, -0.2) is 9.97 Å². The van der Waals surface area contributed by atoms with Crippen molar-refractivity contribution >= 4 is 28.2 Å². The van der Waals surface area contributed by atoms with Crippen molar-refractivity contribution < 1.29 is 5.11 Å². The van der Waals surface area contributed by atoms with E-state index in [1.54, 1.807) is 29.2 Å². The fourth-order valence-corrected chi connectivity index (χ4v) is 2.59. The average molecular weight is 354 g/mol. The standard InChI is InChI=1S/C18H22N6O2/c1-4-24-6-5-13-7-14(22-15-9-19-11(2)8-20-15)23-17(16(13)18(24)26)21-12(3)10-25/h5-9,12,25H,4,10H2,1-3H3,(H2,20,21,22,23)/t12-/m0/s1. The summed E-state index contributed by atoms with van der Waals surface area (Å²) in [5.41, 5.74) is 0.702. The van der Waals surface area contributed by atoms with Gasteiger partial charge in [0.05, 0.1) is 30.1 Å². The molecule has 0 spiro atoms. The molecule has 0 aromatic carbocycles. The van der Waals surface area contributed by atoms with Crippen LogP contribution in [0.15, 0.2) is 35.5 Å². The summed E-state index contributed by atoms with van der Waals surface area (Å²) in [6.07, 6.45) is 5.05. The molecular formula is C18H22N6O2. The van der Waals surface area contributed by atoms with Crippen LogP contribution in [0.2, 0.25) is 0 Å². The molecular weight excluding hydrogens is 332 g/mol. The minimum atomic E-state index is -0.241. The van der Waals surface area contributed by atoms with E-state index in [0.717, 1.165) is 11.1 Å². The number of aliphatic hydroxyl groups excluding tert-OH is 1. The van der Waals surface area contributed by atoms with Crippen molar-refractivity contribution in [3.8, 4) is 0 Å². The summed E-state index contributed by atoms with van der Waals surface area (Å²) in [4.78, 5) is 25.7. The first-order valence-corrected chi connectivity index (χ1v) is 8.49. The van der Waals surface area contributed by atoms with Gasteiger partial charge in [-0.15, -0.1) is 0 Å². The number of nitrogens with one attached hydrogen (secondary N) is 2. The lowest BCUT2D eigenvalue weighted by atomic mass is 10.2. The summed E-state index contributed by atoms with van der Waals surface area (Å²) in [6, 6.07) is 3.44. The monoisotopic (exact) mass is 354 g/mol. The maximum atomic E-state index is 12.7. The van der Waals surface area contributed by atoms with Crippen LogP contribution in [-0.4, -0.2) is 37.3 Å². The molecule has 0 amide bonds. The van der Waals surface area contributed by atoms with Gasteiger partial charge >= 0.3 is 0 Å². The number of hydrogen-bond donors (Lipinski definition) is 3. The summed E-state index contributed by atoms with van der Waals surface area (Å²) in [6.45, 7) is 6.10. The first-order chi connectivity index (χ1) is 12.5. The maximum absolute atomic E-state index is 12.7. The number of fused-ring (bicyclic) bond motifs is 1. The zero-order chi connectivity index (χ0) is 18.7. The van der Waals surface area contributed by atoms with E-state index in [2.05, 4.69) is 25.6 Å². The highest BCUT2D eigenvalue weighted by atomic mass is 16.3. The predicted molar refractivity (Wildman–Crippen MR) is 102 cm³/mol. The molecule has 0 saturated heterocycles. The first kappa shape index (κ1) is 17.8. The van der Waals surface area contributed by atoms with Crippen LogP contribution in [-0.2, 0) is 6.54 Å². The third-order valence-electron chi connectivity index (χ3n) is 3.99. The van der Waals surface area contributed by atoms with Gasteiger partial charge in [-0.3, -0.25) is 9.78 Å². The highest BCUT2D eigenvalue weighted by Crippen LogP contribution is 2.24. The van der Waals surface area contributed by atoms with Gasteiger partial charge in [0.1, 0.15) is 17.5 Å². The van der Waals surface area contributed by atoms with Crippen LogP contribution in [0.25, 0.3) is 10.8 Å². The average Bonchev–Trinajstić information content (AvgIpc) is 2.63. The summed E-state index contributed by atoms with van der Waals surface area (Å²) in [5.74, 6) is 1.53. The van der Waals surface area contributed by atoms with E-state index >= 15 is 0 Å². The predicted octanol–water partition coefficient (Wildman–Crippen LogP) is 2.05. The van der Waals surface area contributed by atoms with E-state index in [9.17, 15) is 9.90 Å². The highest BCUT2D eigenvalue weighted by Gasteiger charge is 2.13. The van der Waals surface area contributed by atoms with Gasteiger partial charge in [0.2, 0.25) is 0 Å². The van der Waals surface area contributed by atoms with Gasteiger partial charge in [0.15, 0.2) is 0 Å². The van der Waals surface area contributed by atoms with E-state index in [1.807, 2.05) is 26.8 Å². The van der Waals surface area contributed by atoms with Crippen molar-refractivity contribution in [3.63, 3.8) is 0 Å². The molecule has 0 aliphatic heterocycles. The molecule has 3 N–H and O–H groups in total. The second-order valence-corrected chi connectivity index (χ2v) is 6.12. The minimum absolute atomic E-state index is 0.0704. The van der Waals surface area contributed by atoms with Crippen LogP contribution in [0.1, 0.15) is 19.5 Å². The zero-order valence-electron chi connectivity index (χ0n) is 15.0. The van der Waals surface area contributed by atoms with Gasteiger partial charge < -0.3 is 20.3 Å². The Labute approximate surface area is 151 Å². The number of rotatable bonds is 6. The highest BCUT2D eigenvalue weighted by molar-refractivity contribution is 5.93. The molecule has 0 radical (unpaired) electrons. The Morgan fingerprint density at radius 1 is 1.27 bits per heavy atom. The third-order valence-corrected chi connectivity index (χ3v) is 3.99. The van der Waals surface area contributed by atoms with Crippen molar-refractivity contribution in [2.75, 3.05) is 17.2 Å². The van der Waals surface area contributed by atoms with E-state index in [4.69, 9.17) is 0 Å². The number of aliphatic hydroxyl groups is 1. The molecule has 1 atom stereocenters. The number of aromatic nitrogens is 4. The Hall–Kier alpha value is -3.00. The zero-order valence-corrected chi connectivity index (χ0v) is 15.0. The normalized spacial score (nSPS) is 12.2. The van der Waals surface area contributed by atoms with Crippen LogP contribution < -0.4 is 16.2 Å². The lowest BCUT2D eigenvalue weighted by Crippen LogP contribution is -2.24. The van der Waals surface area contributed by atoms with Crippen molar-refractivity contribution in [2.45, 2.75) is 33.4 Å². The van der Waals surface area contributed by atoms with Gasteiger partial charge in [-0.2, -0.15) is 0 Å². The largest absolute Gasteiger partial charge is 0.394 e. The number of hydrogen-bond acceptors (Lipinski definition) is 7. The lowest BCUT2D eigenvalue weighted by Gasteiger charge is -2.16. The quantitative estimate of drug-likeness (QED) is 0.622. The summed E-state index contributed by atoms with van der Waals surface area (Å²) >= 11 is 0. The van der Waals surface area contributed by atoms with Gasteiger partial charge in [0.25, 0.3) is 5.56 Å². The number of pyridine rings is 2. The van der Waals surface area contributed by atoms with Crippen molar-refractivity contribution in [1.29, 1.82) is 0 Å². The van der Waals surface area contributed by atoms with Crippen LogP contribution in [0.5, 0.6) is 0 Å². The molecule has 0 bridgehead atoms. The van der Waals surface area contributed by atoms with E-state index in [0.29, 0.717) is 29.4 Å². The molecule has 136 valence electrons. The molecule has 0 aliphatic carbocycles. The third kappa shape index (κ3) is 3.65. The van der Waals surface area contributed by atoms with Gasteiger partial charge in [-0.05, 0) is 38.3 Å². The van der Waals surface area contributed by atoms with Crippen LogP contribution >= 0.6 is 0 Å². The number of aryl methyl sites for hydroxylation is 2. The molecule has 26 heavy (non-hydrogen) atoms. The minimum Gasteiger partial charge on any atom is -0.394 e. The molecule has 8 nitrogen and oxygen atoms in total. The molecule has 3 rings (SSSR count). The molecule has 8 heteroatoms. The van der Waals surface area contributed by atoms with E-state index in [-0.39, 0.29) is 18.2 Å². The van der Waals surface area contributed by atoms with Gasteiger partial charge in [-0.1, -0.05) is 0 Å². The van der Waals surface area contributed by atoms with Crippen molar-refractivity contribution in [1.82, 2.24) is 19.5 Å². The smallest absolute Gasteiger partial charge is 0.262 e. The fourth-order valence-electron chi connectivity index (χ4n) is 2.59. The van der Waals surface area contributed by atoms with E-state index in [1.165, 1.54) is 0 Å². The molecule has 3 aromatic rings. The van der Waals surface area contributed by atoms with Crippen LogP contribution in [0, 0.1) is 6.92 Å². The summed E-state index contributed by atoms with van der Waals surface area (Å²) in [5, 5.41) is 16.8. The summed E-state index contributed by atoms with van der Waals surface area (Å²) < 4.78 is 1.62. The molecule has 0 unspecified atom stereocenters.